The molecule has 3 unspecified atom stereocenters. The third-order valence-corrected chi connectivity index (χ3v) is 4.25. The molecule has 0 spiro atoms. The Morgan fingerprint density at radius 2 is 2.18 bits per heavy atom. The maximum atomic E-state index is 12.3. The van der Waals surface area contributed by atoms with E-state index in [0.717, 1.165) is 25.7 Å². The van der Waals surface area contributed by atoms with Crippen molar-refractivity contribution in [1.29, 1.82) is 0 Å². The summed E-state index contributed by atoms with van der Waals surface area (Å²) in [5.74, 6) is -0.366. The van der Waals surface area contributed by atoms with Crippen LogP contribution in [0, 0.1) is 5.92 Å². The van der Waals surface area contributed by atoms with Crippen molar-refractivity contribution in [3.05, 3.63) is 24.2 Å². The van der Waals surface area contributed by atoms with Gasteiger partial charge in [-0.15, -0.1) is 0 Å². The third-order valence-electron chi connectivity index (χ3n) is 4.25. The second-order valence-corrected chi connectivity index (χ2v) is 6.04. The largest absolute Gasteiger partial charge is 0.472 e. The predicted octanol–water partition coefficient (Wildman–Crippen LogP) is 1.41. The molecule has 1 aromatic rings. The zero-order chi connectivity index (χ0) is 16.1. The smallest absolute Gasteiger partial charge is 0.255 e. The van der Waals surface area contributed by atoms with Gasteiger partial charge in [-0.3, -0.25) is 9.59 Å². The highest BCUT2D eigenvalue weighted by Crippen LogP contribution is 2.25. The Morgan fingerprint density at radius 3 is 2.82 bits per heavy atom. The summed E-state index contributed by atoms with van der Waals surface area (Å²) >= 11 is 0. The minimum absolute atomic E-state index is 0.125. The van der Waals surface area contributed by atoms with Gasteiger partial charge < -0.3 is 19.7 Å². The van der Waals surface area contributed by atoms with Crippen LogP contribution in [0.25, 0.3) is 0 Å². The van der Waals surface area contributed by atoms with Gasteiger partial charge in [0.1, 0.15) is 12.3 Å². The maximum Gasteiger partial charge on any atom is 0.255 e. The second-order valence-electron chi connectivity index (χ2n) is 6.04. The van der Waals surface area contributed by atoms with Crippen LogP contribution >= 0.6 is 0 Å². The molecule has 1 saturated carbocycles. The van der Waals surface area contributed by atoms with Crippen molar-refractivity contribution >= 4 is 11.8 Å². The number of likely N-dealkylation sites (N-methyl/N-ethyl adjacent to an activating group) is 1. The summed E-state index contributed by atoms with van der Waals surface area (Å²) in [5.41, 5.74) is 0.394. The molecule has 0 radical (unpaired) electrons. The summed E-state index contributed by atoms with van der Waals surface area (Å²) in [5, 5.41) is 12.6. The number of rotatable bonds is 5. The lowest BCUT2D eigenvalue weighted by atomic mass is 9.86. The normalized spacial score (nSPS) is 22.9. The third kappa shape index (κ3) is 4.10. The first-order valence-corrected chi connectivity index (χ1v) is 7.75. The van der Waals surface area contributed by atoms with Gasteiger partial charge in [-0.05, 0) is 25.8 Å². The molecule has 0 aromatic carbocycles. The van der Waals surface area contributed by atoms with Crippen LogP contribution in [0.2, 0.25) is 0 Å². The van der Waals surface area contributed by atoms with E-state index in [2.05, 4.69) is 5.32 Å². The highest BCUT2D eigenvalue weighted by molar-refractivity contribution is 5.97. The number of aliphatic hydroxyl groups excluding tert-OH is 1. The topological polar surface area (TPSA) is 82.8 Å². The number of aliphatic hydroxyl groups is 1. The number of hydrogen-bond acceptors (Lipinski definition) is 4. The molecule has 22 heavy (non-hydrogen) atoms. The Bertz CT molecular complexity index is 500. The molecule has 6 nitrogen and oxygen atoms in total. The number of carbonyl (C=O) groups is 2. The lowest BCUT2D eigenvalue weighted by molar-refractivity contribution is -0.132. The van der Waals surface area contributed by atoms with E-state index in [1.165, 1.54) is 12.5 Å². The lowest BCUT2D eigenvalue weighted by Gasteiger charge is -2.32. The summed E-state index contributed by atoms with van der Waals surface area (Å²) in [6, 6.07) is 0.933. The Labute approximate surface area is 130 Å². The van der Waals surface area contributed by atoms with E-state index in [4.69, 9.17) is 4.42 Å². The molecule has 122 valence electrons. The van der Waals surface area contributed by atoms with Gasteiger partial charge in [0.05, 0.1) is 17.9 Å². The number of nitrogens with zero attached hydrogens (tertiary/aromatic N) is 1. The van der Waals surface area contributed by atoms with Crippen LogP contribution in [0.15, 0.2) is 23.0 Å². The van der Waals surface area contributed by atoms with Crippen molar-refractivity contribution < 1.29 is 19.1 Å². The Hall–Kier alpha value is -1.82. The van der Waals surface area contributed by atoms with Crippen LogP contribution < -0.4 is 5.32 Å². The fourth-order valence-corrected chi connectivity index (χ4v) is 2.91. The summed E-state index contributed by atoms with van der Waals surface area (Å²) in [6.45, 7) is 2.18. The van der Waals surface area contributed by atoms with E-state index in [-0.39, 0.29) is 23.8 Å². The fraction of sp³-hybridized carbons (Fsp3) is 0.625. The van der Waals surface area contributed by atoms with Crippen LogP contribution in [-0.4, -0.2) is 47.6 Å². The minimum Gasteiger partial charge on any atom is -0.472 e. The van der Waals surface area contributed by atoms with Gasteiger partial charge >= 0.3 is 0 Å². The molecular formula is C16H24N2O4. The molecule has 1 fully saturated rings. The van der Waals surface area contributed by atoms with Gasteiger partial charge in [-0.2, -0.15) is 0 Å². The summed E-state index contributed by atoms with van der Waals surface area (Å²) in [6.07, 6.45) is 6.31. The van der Waals surface area contributed by atoms with Crippen molar-refractivity contribution in [1.82, 2.24) is 10.2 Å². The zero-order valence-electron chi connectivity index (χ0n) is 13.1. The molecule has 0 saturated heterocycles. The van der Waals surface area contributed by atoms with Gasteiger partial charge in [-0.1, -0.05) is 12.8 Å². The molecular weight excluding hydrogens is 284 g/mol. The van der Waals surface area contributed by atoms with E-state index in [1.807, 2.05) is 0 Å². The predicted molar refractivity (Wildman–Crippen MR) is 81.2 cm³/mol. The standard InChI is InChI=1S/C16H24N2O4/c1-11(17-15(20)13-7-8-22-10-13)16(21)18(2)9-12-5-3-4-6-14(12)19/h7-8,10-12,14,19H,3-6,9H2,1-2H3,(H,17,20). The second kappa shape index (κ2) is 7.45. The van der Waals surface area contributed by atoms with Crippen LogP contribution in [0.3, 0.4) is 0 Å². The van der Waals surface area contributed by atoms with Gasteiger partial charge in [0.15, 0.2) is 0 Å². The molecule has 0 bridgehead atoms. The van der Waals surface area contributed by atoms with Gasteiger partial charge in [-0.25, -0.2) is 0 Å². The van der Waals surface area contributed by atoms with Gasteiger partial charge in [0, 0.05) is 19.5 Å². The minimum atomic E-state index is -0.617. The molecule has 2 N–H and O–H groups in total. The monoisotopic (exact) mass is 308 g/mol. The van der Waals surface area contributed by atoms with Crippen molar-refractivity contribution in [3.63, 3.8) is 0 Å². The Balaban J connectivity index is 1.85. The van der Waals surface area contributed by atoms with Crippen LogP contribution in [0.5, 0.6) is 0 Å². The van der Waals surface area contributed by atoms with E-state index < -0.39 is 6.04 Å². The van der Waals surface area contributed by atoms with E-state index in [0.29, 0.717) is 12.1 Å². The molecule has 1 aliphatic carbocycles. The maximum absolute atomic E-state index is 12.3. The Morgan fingerprint density at radius 1 is 1.45 bits per heavy atom. The van der Waals surface area contributed by atoms with Crippen LogP contribution in [-0.2, 0) is 4.79 Å². The highest BCUT2D eigenvalue weighted by Gasteiger charge is 2.27. The number of hydrogen-bond donors (Lipinski definition) is 2. The molecule has 2 amide bonds. The average Bonchev–Trinajstić information content (AvgIpc) is 3.03. The molecule has 2 rings (SSSR count). The van der Waals surface area contributed by atoms with E-state index in [1.54, 1.807) is 24.9 Å². The van der Waals surface area contributed by atoms with E-state index >= 15 is 0 Å². The quantitative estimate of drug-likeness (QED) is 0.861. The van der Waals surface area contributed by atoms with Gasteiger partial charge in [0.25, 0.3) is 5.91 Å². The van der Waals surface area contributed by atoms with Crippen molar-refractivity contribution in [3.8, 4) is 0 Å². The SMILES string of the molecule is CC(NC(=O)c1ccoc1)C(=O)N(C)CC1CCCCC1O. The zero-order valence-corrected chi connectivity index (χ0v) is 13.1. The highest BCUT2D eigenvalue weighted by atomic mass is 16.3. The Kier molecular flexibility index (Phi) is 5.60. The number of nitrogens with one attached hydrogen (secondary N) is 1. The first-order valence-electron chi connectivity index (χ1n) is 7.75. The first kappa shape index (κ1) is 16.5. The average molecular weight is 308 g/mol. The molecule has 3 atom stereocenters. The fourth-order valence-electron chi connectivity index (χ4n) is 2.91. The summed E-state index contributed by atoms with van der Waals surface area (Å²) in [4.78, 5) is 25.8. The van der Waals surface area contributed by atoms with Crippen molar-refractivity contribution in [2.45, 2.75) is 44.8 Å². The van der Waals surface area contributed by atoms with Crippen molar-refractivity contribution in [2.75, 3.05) is 13.6 Å². The molecule has 1 aliphatic rings. The van der Waals surface area contributed by atoms with Crippen LogP contribution in [0.4, 0.5) is 0 Å². The number of furan rings is 1. The molecule has 6 heteroatoms. The van der Waals surface area contributed by atoms with Crippen molar-refractivity contribution in [2.24, 2.45) is 5.92 Å². The van der Waals surface area contributed by atoms with Gasteiger partial charge in [0.2, 0.25) is 5.91 Å². The summed E-state index contributed by atoms with van der Waals surface area (Å²) < 4.78 is 4.85. The number of amides is 2. The summed E-state index contributed by atoms with van der Waals surface area (Å²) in [7, 11) is 1.71. The van der Waals surface area contributed by atoms with E-state index in [9.17, 15) is 14.7 Å². The lowest BCUT2D eigenvalue weighted by Crippen LogP contribution is -2.48. The molecule has 1 aromatic heterocycles. The van der Waals surface area contributed by atoms with Crippen LogP contribution in [0.1, 0.15) is 43.0 Å². The number of carbonyl (C=O) groups excluding carboxylic acids is 2. The molecule has 0 aliphatic heterocycles. The molecule has 1 heterocycles. The first-order chi connectivity index (χ1) is 10.5.